The second-order valence-electron chi connectivity index (χ2n) is 8.03. The number of piperazine rings is 1. The first-order chi connectivity index (χ1) is 16.2. The minimum atomic E-state index is -0.558. The molecule has 0 bridgehead atoms. The maximum Gasteiger partial charge on any atom is 0.263 e. The highest BCUT2D eigenvalue weighted by molar-refractivity contribution is 5.81. The first-order valence-electron chi connectivity index (χ1n) is 11.1. The van der Waals surface area contributed by atoms with Gasteiger partial charge in [0.2, 0.25) is 0 Å². The normalized spacial score (nSPS) is 14.8. The Morgan fingerprint density at radius 3 is 2.33 bits per heavy atom. The van der Waals surface area contributed by atoms with Crippen LogP contribution in [0, 0.1) is 0 Å². The zero-order valence-electron chi connectivity index (χ0n) is 18.5. The number of anilines is 1. The molecule has 3 heterocycles. The van der Waals surface area contributed by atoms with E-state index >= 15 is 0 Å². The molecule has 0 radical (unpaired) electrons. The van der Waals surface area contributed by atoms with E-state index in [1.165, 1.54) is 0 Å². The maximum absolute atomic E-state index is 12.9. The van der Waals surface area contributed by atoms with E-state index in [-0.39, 0.29) is 5.91 Å². The molecule has 1 aliphatic heterocycles. The van der Waals surface area contributed by atoms with Crippen LogP contribution in [0.15, 0.2) is 79.1 Å². The Morgan fingerprint density at radius 2 is 1.61 bits per heavy atom. The lowest BCUT2D eigenvalue weighted by Gasteiger charge is -2.36. The number of carbonyl (C=O) groups is 1. The summed E-state index contributed by atoms with van der Waals surface area (Å²) in [4.78, 5) is 30.5. The van der Waals surface area contributed by atoms with Gasteiger partial charge in [0.15, 0.2) is 6.10 Å². The molecule has 2 aromatic heterocycles. The monoisotopic (exact) mass is 439 g/mol. The molecule has 0 spiro atoms. The van der Waals surface area contributed by atoms with Gasteiger partial charge in [0.1, 0.15) is 11.6 Å². The molecular formula is C26H25N5O2. The molecule has 5 rings (SSSR count). The third-order valence-electron chi connectivity index (χ3n) is 5.82. The van der Waals surface area contributed by atoms with Crippen molar-refractivity contribution in [3.05, 3.63) is 79.1 Å². The molecular weight excluding hydrogens is 414 g/mol. The standard InChI is InChI=1S/C26H25N5O2/c1-19(26(32)31-16-14-30(15-17-31)25-8-4-5-13-27-25)33-21-11-9-20(10-12-21)24-18-28-22-6-2-3-7-23(22)29-24/h2-13,18-19H,14-17H2,1H3/t19-/m1/s1. The van der Waals surface area contributed by atoms with Crippen molar-refractivity contribution in [1.29, 1.82) is 0 Å². The third kappa shape index (κ3) is 4.62. The number of fused-ring (bicyclic) bond motifs is 1. The number of aromatic nitrogens is 3. The van der Waals surface area contributed by atoms with E-state index in [0.717, 1.165) is 41.2 Å². The van der Waals surface area contributed by atoms with Crippen LogP contribution >= 0.6 is 0 Å². The molecule has 166 valence electrons. The highest BCUT2D eigenvalue weighted by Crippen LogP contribution is 2.23. The molecule has 0 saturated carbocycles. The van der Waals surface area contributed by atoms with Crippen LogP contribution in [-0.4, -0.2) is 58.0 Å². The Hall–Kier alpha value is -4.00. The smallest absolute Gasteiger partial charge is 0.263 e. The SMILES string of the molecule is C[C@@H](Oc1ccc(-c2cnc3ccccc3n2)cc1)C(=O)N1CCN(c2ccccn2)CC1. The summed E-state index contributed by atoms with van der Waals surface area (Å²) < 4.78 is 5.95. The molecule has 4 aromatic rings. The largest absolute Gasteiger partial charge is 0.481 e. The molecule has 1 aliphatic rings. The summed E-state index contributed by atoms with van der Waals surface area (Å²) in [5, 5.41) is 0. The van der Waals surface area contributed by atoms with Crippen LogP contribution in [0.1, 0.15) is 6.92 Å². The number of carbonyl (C=O) groups excluding carboxylic acids is 1. The lowest BCUT2D eigenvalue weighted by molar-refractivity contribution is -0.138. The summed E-state index contributed by atoms with van der Waals surface area (Å²) in [5.41, 5.74) is 3.48. The number of hydrogen-bond donors (Lipinski definition) is 0. The van der Waals surface area contributed by atoms with Crippen molar-refractivity contribution in [1.82, 2.24) is 19.9 Å². The van der Waals surface area contributed by atoms with Gasteiger partial charge in [0.05, 0.1) is 22.9 Å². The van der Waals surface area contributed by atoms with Crippen LogP contribution in [0.3, 0.4) is 0 Å². The first-order valence-corrected chi connectivity index (χ1v) is 11.1. The third-order valence-corrected chi connectivity index (χ3v) is 5.82. The van der Waals surface area contributed by atoms with E-state index in [1.54, 1.807) is 19.3 Å². The molecule has 2 aromatic carbocycles. The average molecular weight is 440 g/mol. The van der Waals surface area contributed by atoms with Crippen LogP contribution in [0.2, 0.25) is 0 Å². The summed E-state index contributed by atoms with van der Waals surface area (Å²) in [5.74, 6) is 1.60. The lowest BCUT2D eigenvalue weighted by Crippen LogP contribution is -2.52. The molecule has 1 saturated heterocycles. The second-order valence-corrected chi connectivity index (χ2v) is 8.03. The van der Waals surface area contributed by atoms with Gasteiger partial charge in [0.25, 0.3) is 5.91 Å². The fourth-order valence-corrected chi connectivity index (χ4v) is 4.01. The van der Waals surface area contributed by atoms with Gasteiger partial charge >= 0.3 is 0 Å². The van der Waals surface area contributed by atoms with Gasteiger partial charge in [0, 0.05) is 37.9 Å². The summed E-state index contributed by atoms with van der Waals surface area (Å²) in [6.07, 6.45) is 3.01. The summed E-state index contributed by atoms with van der Waals surface area (Å²) in [7, 11) is 0. The fourth-order valence-electron chi connectivity index (χ4n) is 4.01. The number of hydrogen-bond acceptors (Lipinski definition) is 6. The molecule has 1 atom stereocenters. The molecule has 0 unspecified atom stereocenters. The molecule has 1 amide bonds. The average Bonchev–Trinajstić information content (AvgIpc) is 2.89. The van der Waals surface area contributed by atoms with Crippen LogP contribution in [0.4, 0.5) is 5.82 Å². The topological polar surface area (TPSA) is 71.5 Å². The number of para-hydroxylation sites is 2. The van der Waals surface area contributed by atoms with Gasteiger partial charge in [-0.25, -0.2) is 9.97 Å². The van der Waals surface area contributed by atoms with Gasteiger partial charge in [-0.1, -0.05) is 18.2 Å². The molecule has 7 nitrogen and oxygen atoms in total. The number of rotatable bonds is 5. The minimum Gasteiger partial charge on any atom is -0.481 e. The Bertz CT molecular complexity index is 1240. The predicted octanol–water partition coefficient (Wildman–Crippen LogP) is 3.81. The van der Waals surface area contributed by atoms with Crippen LogP contribution in [0.5, 0.6) is 5.75 Å². The molecule has 0 aliphatic carbocycles. The quantitative estimate of drug-likeness (QED) is 0.471. The number of ether oxygens (including phenoxy) is 1. The van der Waals surface area contributed by atoms with E-state index in [4.69, 9.17) is 4.74 Å². The van der Waals surface area contributed by atoms with E-state index in [9.17, 15) is 4.79 Å². The van der Waals surface area contributed by atoms with Crippen molar-refractivity contribution in [3.63, 3.8) is 0 Å². The maximum atomic E-state index is 12.9. The van der Waals surface area contributed by atoms with Gasteiger partial charge in [-0.15, -0.1) is 0 Å². The van der Waals surface area contributed by atoms with Crippen molar-refractivity contribution in [2.24, 2.45) is 0 Å². The number of benzene rings is 2. The summed E-state index contributed by atoms with van der Waals surface area (Å²) >= 11 is 0. The Labute approximate surface area is 192 Å². The number of pyridine rings is 1. The Kier molecular flexibility index (Phi) is 5.85. The van der Waals surface area contributed by atoms with Gasteiger partial charge in [-0.3, -0.25) is 9.78 Å². The van der Waals surface area contributed by atoms with Crippen molar-refractivity contribution >= 4 is 22.8 Å². The van der Waals surface area contributed by atoms with Crippen molar-refractivity contribution in [2.75, 3.05) is 31.1 Å². The summed E-state index contributed by atoms with van der Waals surface area (Å²) in [6.45, 7) is 4.63. The first kappa shape index (κ1) is 20.9. The predicted molar refractivity (Wildman–Crippen MR) is 128 cm³/mol. The van der Waals surface area contributed by atoms with Gasteiger partial charge < -0.3 is 14.5 Å². The van der Waals surface area contributed by atoms with E-state index in [2.05, 4.69) is 19.9 Å². The van der Waals surface area contributed by atoms with Crippen molar-refractivity contribution < 1.29 is 9.53 Å². The molecule has 33 heavy (non-hydrogen) atoms. The zero-order valence-corrected chi connectivity index (χ0v) is 18.5. The molecule has 0 N–H and O–H groups in total. The lowest BCUT2D eigenvalue weighted by atomic mass is 10.1. The van der Waals surface area contributed by atoms with Crippen LogP contribution < -0.4 is 9.64 Å². The van der Waals surface area contributed by atoms with Gasteiger partial charge in [-0.2, -0.15) is 0 Å². The highest BCUT2D eigenvalue weighted by atomic mass is 16.5. The Balaban J connectivity index is 1.19. The van der Waals surface area contributed by atoms with E-state index < -0.39 is 6.10 Å². The van der Waals surface area contributed by atoms with Crippen LogP contribution in [0.25, 0.3) is 22.3 Å². The van der Waals surface area contributed by atoms with Crippen molar-refractivity contribution in [2.45, 2.75) is 13.0 Å². The number of amides is 1. The van der Waals surface area contributed by atoms with E-state index in [0.29, 0.717) is 18.8 Å². The van der Waals surface area contributed by atoms with Crippen LogP contribution in [-0.2, 0) is 4.79 Å². The Morgan fingerprint density at radius 1 is 0.879 bits per heavy atom. The highest BCUT2D eigenvalue weighted by Gasteiger charge is 2.26. The number of nitrogens with zero attached hydrogens (tertiary/aromatic N) is 5. The van der Waals surface area contributed by atoms with Crippen molar-refractivity contribution in [3.8, 4) is 17.0 Å². The minimum absolute atomic E-state index is 0.000133. The fraction of sp³-hybridized carbons (Fsp3) is 0.231. The molecule has 7 heteroatoms. The summed E-state index contributed by atoms with van der Waals surface area (Å²) in [6, 6.07) is 21.3. The zero-order chi connectivity index (χ0) is 22.6. The second kappa shape index (κ2) is 9.24. The van der Waals surface area contributed by atoms with Gasteiger partial charge in [-0.05, 0) is 55.5 Å². The van der Waals surface area contributed by atoms with E-state index in [1.807, 2.05) is 71.6 Å². The molecule has 1 fully saturated rings.